The van der Waals surface area contributed by atoms with Crippen molar-refractivity contribution >= 4 is 15.7 Å². The molecule has 0 unspecified atom stereocenters. The summed E-state index contributed by atoms with van der Waals surface area (Å²) in [5.41, 5.74) is 2.59. The fraction of sp³-hybridized carbons (Fsp3) is 0.0500. The number of para-hydroxylation sites is 1. The average Bonchev–Trinajstić information content (AvgIpc) is 3.22. The van der Waals surface area contributed by atoms with Crippen LogP contribution < -0.4 is 15.2 Å². The van der Waals surface area contributed by atoms with Gasteiger partial charge in [0, 0.05) is 12.2 Å². The van der Waals surface area contributed by atoms with Gasteiger partial charge in [0.05, 0.1) is 10.6 Å². The molecule has 0 radical (unpaired) electrons. The second-order valence-corrected chi connectivity index (χ2v) is 7.94. The maximum absolute atomic E-state index is 11.3. The van der Waals surface area contributed by atoms with Gasteiger partial charge in [-0.1, -0.05) is 35.4 Å². The van der Waals surface area contributed by atoms with Gasteiger partial charge in [0.1, 0.15) is 5.75 Å². The predicted molar refractivity (Wildman–Crippen MR) is 111 cm³/mol. The topological polar surface area (TPSA) is 125 Å². The van der Waals surface area contributed by atoms with Crippen molar-refractivity contribution in [3.8, 4) is 17.4 Å². The van der Waals surface area contributed by atoms with Crippen LogP contribution in [0.2, 0.25) is 0 Å². The third kappa shape index (κ3) is 4.62. The third-order valence-corrected chi connectivity index (χ3v) is 5.18. The Hall–Kier alpha value is -3.76. The molecule has 4 aromatic rings. The lowest BCUT2D eigenvalue weighted by atomic mass is 10.2. The number of aromatic nitrogens is 4. The van der Waals surface area contributed by atoms with Crippen molar-refractivity contribution in [1.29, 1.82) is 0 Å². The van der Waals surface area contributed by atoms with Crippen molar-refractivity contribution in [2.75, 3.05) is 5.32 Å². The van der Waals surface area contributed by atoms with Gasteiger partial charge in [-0.25, -0.2) is 13.6 Å². The summed E-state index contributed by atoms with van der Waals surface area (Å²) in [5, 5.41) is 19.9. The highest BCUT2D eigenvalue weighted by molar-refractivity contribution is 7.89. The van der Waals surface area contributed by atoms with Crippen LogP contribution in [0.5, 0.6) is 11.8 Å². The molecule has 0 amide bonds. The SMILES string of the molecule is NS(=O)(=O)c1ccc(NCc2ccc(Oc3nnnn3-c3ccccc3)cc2)cc1. The molecule has 10 heteroatoms. The van der Waals surface area contributed by atoms with Gasteiger partial charge >= 0.3 is 6.01 Å². The quantitative estimate of drug-likeness (QED) is 0.469. The minimum atomic E-state index is -3.69. The van der Waals surface area contributed by atoms with Gasteiger partial charge in [0.2, 0.25) is 10.0 Å². The number of sulfonamides is 1. The van der Waals surface area contributed by atoms with Crippen LogP contribution in [0.25, 0.3) is 5.69 Å². The Labute approximate surface area is 173 Å². The van der Waals surface area contributed by atoms with Crippen molar-refractivity contribution in [1.82, 2.24) is 20.2 Å². The molecule has 30 heavy (non-hydrogen) atoms. The average molecular weight is 422 g/mol. The zero-order valence-electron chi connectivity index (χ0n) is 15.7. The molecule has 0 saturated heterocycles. The van der Waals surface area contributed by atoms with E-state index in [2.05, 4.69) is 20.8 Å². The molecule has 3 aromatic carbocycles. The van der Waals surface area contributed by atoms with Gasteiger partial charge in [0.15, 0.2) is 0 Å². The van der Waals surface area contributed by atoms with E-state index in [0.717, 1.165) is 16.9 Å². The van der Waals surface area contributed by atoms with Gasteiger partial charge in [-0.2, -0.15) is 4.68 Å². The van der Waals surface area contributed by atoms with E-state index in [1.54, 1.807) is 12.1 Å². The van der Waals surface area contributed by atoms with Crippen LogP contribution in [0.4, 0.5) is 5.69 Å². The van der Waals surface area contributed by atoms with E-state index in [4.69, 9.17) is 9.88 Å². The summed E-state index contributed by atoms with van der Waals surface area (Å²) < 4.78 is 29.9. The summed E-state index contributed by atoms with van der Waals surface area (Å²) in [6.07, 6.45) is 0. The number of benzene rings is 3. The largest absolute Gasteiger partial charge is 0.423 e. The fourth-order valence-corrected chi connectivity index (χ4v) is 3.24. The maximum atomic E-state index is 11.3. The fourth-order valence-electron chi connectivity index (χ4n) is 2.72. The Morgan fingerprint density at radius 3 is 2.30 bits per heavy atom. The van der Waals surface area contributed by atoms with Crippen LogP contribution in [0, 0.1) is 0 Å². The van der Waals surface area contributed by atoms with E-state index in [0.29, 0.717) is 12.3 Å². The second kappa shape index (κ2) is 8.31. The van der Waals surface area contributed by atoms with Crippen LogP contribution in [0.15, 0.2) is 83.8 Å². The van der Waals surface area contributed by atoms with E-state index in [9.17, 15) is 8.42 Å². The number of primary sulfonamides is 1. The molecule has 0 spiro atoms. The van der Waals surface area contributed by atoms with Gasteiger partial charge in [-0.3, -0.25) is 0 Å². The lowest BCUT2D eigenvalue weighted by Crippen LogP contribution is -2.12. The minimum Gasteiger partial charge on any atom is -0.423 e. The highest BCUT2D eigenvalue weighted by Crippen LogP contribution is 2.22. The van der Waals surface area contributed by atoms with E-state index in [-0.39, 0.29) is 10.9 Å². The van der Waals surface area contributed by atoms with Crippen LogP contribution >= 0.6 is 0 Å². The first kappa shape index (κ1) is 19.6. The molecule has 0 atom stereocenters. The summed E-state index contributed by atoms with van der Waals surface area (Å²) in [6, 6.07) is 23.5. The van der Waals surface area contributed by atoms with Crippen molar-refractivity contribution in [3.63, 3.8) is 0 Å². The van der Waals surface area contributed by atoms with E-state index in [1.807, 2.05) is 54.6 Å². The normalized spacial score (nSPS) is 11.2. The smallest absolute Gasteiger partial charge is 0.345 e. The third-order valence-electron chi connectivity index (χ3n) is 4.25. The minimum absolute atomic E-state index is 0.0763. The van der Waals surface area contributed by atoms with Crippen molar-refractivity contribution in [3.05, 3.63) is 84.4 Å². The summed E-state index contributed by atoms with van der Waals surface area (Å²) in [7, 11) is -3.69. The summed E-state index contributed by atoms with van der Waals surface area (Å²) in [4.78, 5) is 0.0763. The molecule has 3 N–H and O–H groups in total. The van der Waals surface area contributed by atoms with E-state index < -0.39 is 10.0 Å². The second-order valence-electron chi connectivity index (χ2n) is 6.38. The van der Waals surface area contributed by atoms with E-state index >= 15 is 0 Å². The number of hydrogen-bond acceptors (Lipinski definition) is 7. The summed E-state index contributed by atoms with van der Waals surface area (Å²) in [6.45, 7) is 0.552. The van der Waals surface area contributed by atoms with Crippen molar-refractivity contribution < 1.29 is 13.2 Å². The first-order chi connectivity index (χ1) is 14.5. The first-order valence-corrected chi connectivity index (χ1v) is 10.5. The number of nitrogens with zero attached hydrogens (tertiary/aromatic N) is 4. The number of nitrogens with two attached hydrogens (primary N) is 1. The van der Waals surface area contributed by atoms with Crippen LogP contribution in [0.3, 0.4) is 0 Å². The van der Waals surface area contributed by atoms with Crippen molar-refractivity contribution in [2.45, 2.75) is 11.4 Å². The lowest BCUT2D eigenvalue weighted by Gasteiger charge is -2.09. The van der Waals surface area contributed by atoms with Crippen LogP contribution in [-0.4, -0.2) is 28.6 Å². The Morgan fingerprint density at radius 2 is 1.63 bits per heavy atom. The molecule has 0 bridgehead atoms. The molecule has 4 rings (SSSR count). The highest BCUT2D eigenvalue weighted by Gasteiger charge is 2.10. The predicted octanol–water partition coefficient (Wildman–Crippen LogP) is 2.71. The van der Waals surface area contributed by atoms with Gasteiger partial charge in [-0.05, 0) is 64.5 Å². The van der Waals surface area contributed by atoms with Gasteiger partial charge < -0.3 is 10.1 Å². The lowest BCUT2D eigenvalue weighted by molar-refractivity contribution is 0.427. The molecular weight excluding hydrogens is 404 g/mol. The molecule has 0 aliphatic carbocycles. The Balaban J connectivity index is 1.39. The number of nitrogens with one attached hydrogen (secondary N) is 1. The Morgan fingerprint density at radius 1 is 0.933 bits per heavy atom. The van der Waals surface area contributed by atoms with Gasteiger partial charge in [-0.15, -0.1) is 0 Å². The summed E-state index contributed by atoms with van der Waals surface area (Å²) in [5.74, 6) is 0.600. The molecule has 9 nitrogen and oxygen atoms in total. The molecule has 0 saturated carbocycles. The number of hydrogen-bond donors (Lipinski definition) is 2. The molecule has 152 valence electrons. The van der Waals surface area contributed by atoms with Gasteiger partial charge in [0.25, 0.3) is 0 Å². The number of tetrazole rings is 1. The molecule has 0 aliphatic rings. The van der Waals surface area contributed by atoms with Crippen molar-refractivity contribution in [2.24, 2.45) is 5.14 Å². The monoisotopic (exact) mass is 422 g/mol. The van der Waals surface area contributed by atoms with Crippen LogP contribution in [0.1, 0.15) is 5.56 Å². The number of rotatable bonds is 7. The zero-order valence-corrected chi connectivity index (χ0v) is 16.5. The number of anilines is 1. The van der Waals surface area contributed by atoms with E-state index in [1.165, 1.54) is 16.8 Å². The molecule has 1 aromatic heterocycles. The first-order valence-electron chi connectivity index (χ1n) is 8.96. The molecule has 0 aliphatic heterocycles. The van der Waals surface area contributed by atoms with Crippen LogP contribution in [-0.2, 0) is 16.6 Å². The Bertz CT molecular complexity index is 1220. The number of ether oxygens (including phenoxy) is 1. The summed E-state index contributed by atoms with van der Waals surface area (Å²) >= 11 is 0. The molecular formula is C20H18N6O3S. The molecule has 1 heterocycles. The Kier molecular flexibility index (Phi) is 5.42. The standard InChI is InChI=1S/C20H18N6O3S/c21-30(27,28)19-12-8-16(9-13-19)22-14-15-6-10-18(11-7-15)29-20-23-24-25-26(20)17-4-2-1-3-5-17/h1-13,22H,14H2,(H2,21,27,28). The molecule has 0 fully saturated rings. The zero-order chi connectivity index (χ0) is 21.0. The highest BCUT2D eigenvalue weighted by atomic mass is 32.2. The maximum Gasteiger partial charge on any atom is 0.345 e.